The van der Waals surface area contributed by atoms with Crippen molar-refractivity contribution in [2.45, 2.75) is 17.4 Å². The van der Waals surface area contributed by atoms with Crippen LogP contribution in [0.2, 0.25) is 0 Å². The van der Waals surface area contributed by atoms with Gasteiger partial charge in [0.25, 0.3) is 5.91 Å². The van der Waals surface area contributed by atoms with Gasteiger partial charge < -0.3 is 14.8 Å². The highest BCUT2D eigenvalue weighted by molar-refractivity contribution is 7.89. The summed E-state index contributed by atoms with van der Waals surface area (Å²) in [6.45, 7) is 2.32. The van der Waals surface area contributed by atoms with Crippen LogP contribution in [0, 0.1) is 5.82 Å². The average molecular weight is 394 g/mol. The van der Waals surface area contributed by atoms with Gasteiger partial charge in [0.2, 0.25) is 10.0 Å². The summed E-state index contributed by atoms with van der Waals surface area (Å²) >= 11 is 0. The van der Waals surface area contributed by atoms with Crippen LogP contribution in [0.3, 0.4) is 0 Å². The number of hydrogen-bond donors (Lipinski definition) is 2. The molecule has 144 valence electrons. The third-order valence-electron chi connectivity index (χ3n) is 4.04. The summed E-state index contributed by atoms with van der Waals surface area (Å²) < 4.78 is 51.0. The van der Waals surface area contributed by atoms with Crippen molar-refractivity contribution in [2.75, 3.05) is 25.6 Å². The van der Waals surface area contributed by atoms with Crippen LogP contribution in [0.25, 0.3) is 0 Å². The SMILES string of the molecule is COc1cc(NC(=O)c2cccc(S(=O)(=O)NC3(C)COC3)c2)ccc1F. The monoisotopic (exact) mass is 394 g/mol. The Labute approximate surface area is 156 Å². The zero-order valence-corrected chi connectivity index (χ0v) is 15.6. The van der Waals surface area contributed by atoms with Crippen molar-refractivity contribution < 1.29 is 27.1 Å². The van der Waals surface area contributed by atoms with Gasteiger partial charge in [0, 0.05) is 17.3 Å². The normalized spacial score (nSPS) is 15.7. The van der Waals surface area contributed by atoms with E-state index in [1.54, 1.807) is 6.92 Å². The van der Waals surface area contributed by atoms with Crippen molar-refractivity contribution in [1.82, 2.24) is 4.72 Å². The van der Waals surface area contributed by atoms with Crippen molar-refractivity contribution in [3.63, 3.8) is 0 Å². The van der Waals surface area contributed by atoms with Gasteiger partial charge in [0.1, 0.15) is 0 Å². The second kappa shape index (κ2) is 7.26. The molecule has 1 aliphatic heterocycles. The third kappa shape index (κ3) is 4.26. The summed E-state index contributed by atoms with van der Waals surface area (Å²) in [6, 6.07) is 9.55. The molecule has 2 aromatic rings. The first-order chi connectivity index (χ1) is 12.7. The van der Waals surface area contributed by atoms with E-state index in [4.69, 9.17) is 9.47 Å². The van der Waals surface area contributed by atoms with Crippen LogP contribution in [0.5, 0.6) is 5.75 Å². The molecule has 0 spiro atoms. The lowest BCUT2D eigenvalue weighted by Gasteiger charge is -2.38. The molecule has 1 amide bonds. The summed E-state index contributed by atoms with van der Waals surface area (Å²) in [5, 5.41) is 2.59. The maximum atomic E-state index is 13.5. The number of sulfonamides is 1. The molecule has 0 unspecified atom stereocenters. The molecule has 2 aromatic carbocycles. The highest BCUT2D eigenvalue weighted by atomic mass is 32.2. The minimum Gasteiger partial charge on any atom is -0.494 e. The standard InChI is InChI=1S/C18H19FN2O5S/c1-18(10-26-11-18)21-27(23,24)14-5-3-4-12(8-14)17(22)20-13-6-7-15(19)16(9-13)25-2/h3-9,21H,10-11H2,1-2H3,(H,20,22). The molecule has 1 aliphatic rings. The number of carbonyl (C=O) groups excluding carboxylic acids is 1. The maximum absolute atomic E-state index is 13.5. The maximum Gasteiger partial charge on any atom is 0.255 e. The Kier molecular flexibility index (Phi) is 5.18. The molecular formula is C18H19FN2O5S. The van der Waals surface area contributed by atoms with Gasteiger partial charge in [-0.1, -0.05) is 6.07 Å². The van der Waals surface area contributed by atoms with E-state index in [0.717, 1.165) is 0 Å². The highest BCUT2D eigenvalue weighted by Crippen LogP contribution is 2.23. The third-order valence-corrected chi connectivity index (χ3v) is 5.67. The Morgan fingerprint density at radius 3 is 2.59 bits per heavy atom. The minimum atomic E-state index is -3.80. The summed E-state index contributed by atoms with van der Waals surface area (Å²) in [7, 11) is -2.49. The summed E-state index contributed by atoms with van der Waals surface area (Å²) in [5.41, 5.74) is -0.179. The molecule has 9 heteroatoms. The van der Waals surface area contributed by atoms with Crippen LogP contribution in [-0.4, -0.2) is 40.2 Å². The van der Waals surface area contributed by atoms with Gasteiger partial charge in [-0.25, -0.2) is 17.5 Å². The zero-order valence-electron chi connectivity index (χ0n) is 14.8. The molecule has 0 radical (unpaired) electrons. The average Bonchev–Trinajstić information content (AvgIpc) is 2.61. The Bertz CT molecular complexity index is 973. The quantitative estimate of drug-likeness (QED) is 0.783. The van der Waals surface area contributed by atoms with Crippen molar-refractivity contribution >= 4 is 21.6 Å². The molecule has 0 atom stereocenters. The van der Waals surface area contributed by atoms with E-state index < -0.39 is 27.3 Å². The molecule has 0 saturated carbocycles. The van der Waals surface area contributed by atoms with Gasteiger partial charge >= 0.3 is 0 Å². The highest BCUT2D eigenvalue weighted by Gasteiger charge is 2.37. The molecule has 1 heterocycles. The number of nitrogens with one attached hydrogen (secondary N) is 2. The summed E-state index contributed by atoms with van der Waals surface area (Å²) in [4.78, 5) is 12.4. The van der Waals surface area contributed by atoms with Crippen LogP contribution in [0.1, 0.15) is 17.3 Å². The Hall–Kier alpha value is -2.49. The Morgan fingerprint density at radius 2 is 1.96 bits per heavy atom. The molecule has 1 saturated heterocycles. The number of hydrogen-bond acceptors (Lipinski definition) is 5. The number of halogens is 1. The first kappa shape index (κ1) is 19.3. The molecule has 27 heavy (non-hydrogen) atoms. The molecule has 0 bridgehead atoms. The predicted octanol–water partition coefficient (Wildman–Crippen LogP) is 2.15. The van der Waals surface area contributed by atoms with Crippen LogP contribution in [0.15, 0.2) is 47.4 Å². The number of carbonyl (C=O) groups is 1. The molecule has 0 aliphatic carbocycles. The van der Waals surface area contributed by atoms with Gasteiger partial charge in [0.05, 0.1) is 30.8 Å². The van der Waals surface area contributed by atoms with E-state index >= 15 is 0 Å². The Balaban J connectivity index is 1.79. The number of benzene rings is 2. The van der Waals surface area contributed by atoms with E-state index in [2.05, 4.69) is 10.0 Å². The lowest BCUT2D eigenvalue weighted by molar-refractivity contribution is -0.0523. The minimum absolute atomic E-state index is 0.00992. The molecule has 3 rings (SSSR count). The first-order valence-corrected chi connectivity index (χ1v) is 9.57. The number of ether oxygens (including phenoxy) is 2. The molecule has 1 fully saturated rings. The fourth-order valence-electron chi connectivity index (χ4n) is 2.60. The smallest absolute Gasteiger partial charge is 0.255 e. The predicted molar refractivity (Wildman–Crippen MR) is 96.9 cm³/mol. The van der Waals surface area contributed by atoms with Gasteiger partial charge in [-0.15, -0.1) is 0 Å². The van der Waals surface area contributed by atoms with Crippen molar-refractivity contribution in [3.8, 4) is 5.75 Å². The zero-order chi connectivity index (χ0) is 19.7. The van der Waals surface area contributed by atoms with Crippen molar-refractivity contribution in [3.05, 3.63) is 53.8 Å². The van der Waals surface area contributed by atoms with E-state index in [1.807, 2.05) is 0 Å². The van der Waals surface area contributed by atoms with E-state index in [1.165, 1.54) is 49.6 Å². The van der Waals surface area contributed by atoms with Gasteiger partial charge in [0.15, 0.2) is 11.6 Å². The van der Waals surface area contributed by atoms with E-state index in [0.29, 0.717) is 18.9 Å². The second-order valence-corrected chi connectivity index (χ2v) is 8.17. The fraction of sp³-hybridized carbons (Fsp3) is 0.278. The molecular weight excluding hydrogens is 375 g/mol. The summed E-state index contributed by atoms with van der Waals surface area (Å²) in [6.07, 6.45) is 0. The number of amides is 1. The van der Waals surface area contributed by atoms with Gasteiger partial charge in [-0.05, 0) is 37.3 Å². The van der Waals surface area contributed by atoms with Crippen LogP contribution in [-0.2, 0) is 14.8 Å². The largest absolute Gasteiger partial charge is 0.494 e. The fourth-order valence-corrected chi connectivity index (χ4v) is 4.02. The van der Waals surface area contributed by atoms with Crippen LogP contribution >= 0.6 is 0 Å². The second-order valence-electron chi connectivity index (χ2n) is 6.49. The van der Waals surface area contributed by atoms with Crippen molar-refractivity contribution in [1.29, 1.82) is 0 Å². The topological polar surface area (TPSA) is 93.7 Å². The number of methoxy groups -OCH3 is 1. The van der Waals surface area contributed by atoms with Gasteiger partial charge in [-0.3, -0.25) is 4.79 Å². The van der Waals surface area contributed by atoms with Crippen LogP contribution in [0.4, 0.5) is 10.1 Å². The van der Waals surface area contributed by atoms with E-state index in [9.17, 15) is 17.6 Å². The molecule has 7 nitrogen and oxygen atoms in total. The first-order valence-electron chi connectivity index (χ1n) is 8.09. The van der Waals surface area contributed by atoms with E-state index in [-0.39, 0.29) is 16.2 Å². The number of rotatable bonds is 6. The summed E-state index contributed by atoms with van der Waals surface area (Å²) in [5.74, 6) is -1.09. The Morgan fingerprint density at radius 1 is 1.22 bits per heavy atom. The van der Waals surface area contributed by atoms with Gasteiger partial charge in [-0.2, -0.15) is 0 Å². The molecule has 0 aromatic heterocycles. The molecule has 2 N–H and O–H groups in total. The van der Waals surface area contributed by atoms with Crippen molar-refractivity contribution in [2.24, 2.45) is 0 Å². The lowest BCUT2D eigenvalue weighted by Crippen LogP contribution is -2.59. The number of anilines is 1. The van der Waals surface area contributed by atoms with Crippen LogP contribution < -0.4 is 14.8 Å². The lowest BCUT2D eigenvalue weighted by atomic mass is 10.0.